The van der Waals surface area contributed by atoms with E-state index in [4.69, 9.17) is 9.26 Å². The fourth-order valence-corrected chi connectivity index (χ4v) is 5.44. The minimum atomic E-state index is -0.282. The molecule has 10 heteroatoms. The van der Waals surface area contributed by atoms with E-state index in [2.05, 4.69) is 30.7 Å². The number of hydrogen-bond acceptors (Lipinski definition) is 9. The topological polar surface area (TPSA) is 115 Å². The van der Waals surface area contributed by atoms with Crippen molar-refractivity contribution < 1.29 is 14.1 Å². The standard InChI is InChI=1S/C25H26N6O3S/c1-16-29-22(31-34-16)18-7-6-17-8-12-26-23(19(17)14-18)27-13-9-21(32)30-24-28-15-20(35-24)25(33-2)10-4-3-5-11-25/h6-9,12-15H,3-5,10-11H2,1-2H3,(H,26,27)(H,28,30,32). The van der Waals surface area contributed by atoms with Crippen LogP contribution in [0.5, 0.6) is 0 Å². The second-order valence-electron chi connectivity index (χ2n) is 8.49. The molecule has 1 amide bonds. The van der Waals surface area contributed by atoms with Gasteiger partial charge in [0.2, 0.25) is 11.7 Å². The van der Waals surface area contributed by atoms with E-state index in [1.165, 1.54) is 23.8 Å². The van der Waals surface area contributed by atoms with Crippen LogP contribution in [-0.2, 0) is 15.1 Å². The predicted molar refractivity (Wildman–Crippen MR) is 135 cm³/mol. The van der Waals surface area contributed by atoms with Crippen molar-refractivity contribution in [1.82, 2.24) is 20.1 Å². The number of anilines is 2. The molecule has 0 atom stereocenters. The molecule has 3 aromatic heterocycles. The Morgan fingerprint density at radius 2 is 2.06 bits per heavy atom. The Morgan fingerprint density at radius 1 is 1.20 bits per heavy atom. The maximum atomic E-state index is 12.5. The first-order valence-electron chi connectivity index (χ1n) is 11.5. The third-order valence-corrected chi connectivity index (χ3v) is 7.34. The molecule has 1 fully saturated rings. The van der Waals surface area contributed by atoms with Crippen LogP contribution in [0.1, 0.15) is 42.9 Å². The number of carbonyl (C=O) groups excluding carboxylic acids is 1. The number of aromatic nitrogens is 4. The highest BCUT2D eigenvalue weighted by molar-refractivity contribution is 7.15. The van der Waals surface area contributed by atoms with Gasteiger partial charge in [-0.1, -0.05) is 47.9 Å². The van der Waals surface area contributed by atoms with Crippen molar-refractivity contribution in [3.63, 3.8) is 0 Å². The molecule has 35 heavy (non-hydrogen) atoms. The van der Waals surface area contributed by atoms with E-state index in [1.807, 2.05) is 30.5 Å². The molecular weight excluding hydrogens is 464 g/mol. The summed E-state index contributed by atoms with van der Waals surface area (Å²) in [5, 5.41) is 12.4. The number of aryl methyl sites for hydroxylation is 1. The Morgan fingerprint density at radius 3 is 2.83 bits per heavy atom. The van der Waals surface area contributed by atoms with Crippen molar-refractivity contribution in [3.8, 4) is 11.4 Å². The molecule has 0 saturated heterocycles. The number of fused-ring (bicyclic) bond motifs is 1. The average molecular weight is 491 g/mol. The molecule has 1 aliphatic rings. The van der Waals surface area contributed by atoms with Gasteiger partial charge in [0, 0.05) is 49.7 Å². The zero-order valence-electron chi connectivity index (χ0n) is 19.6. The molecular formula is C25H26N6O3S. The molecule has 4 aromatic rings. The van der Waals surface area contributed by atoms with Crippen molar-refractivity contribution in [2.75, 3.05) is 17.7 Å². The Labute approximate surface area is 206 Å². The summed E-state index contributed by atoms with van der Waals surface area (Å²) in [5.74, 6) is 1.35. The lowest BCUT2D eigenvalue weighted by molar-refractivity contribution is -0.111. The van der Waals surface area contributed by atoms with Crippen LogP contribution in [0, 0.1) is 6.92 Å². The number of thiazole rings is 1. The minimum absolute atomic E-state index is 0.281. The maximum Gasteiger partial charge on any atom is 0.251 e. The molecule has 0 spiro atoms. The average Bonchev–Trinajstić information content (AvgIpc) is 3.54. The number of methoxy groups -OCH3 is 1. The van der Waals surface area contributed by atoms with Crippen molar-refractivity contribution in [1.29, 1.82) is 0 Å². The SMILES string of the molecule is COC1(c2cnc(NC(=O)C=CNc3nccc4ccc(-c5noc(C)n5)cc34)s2)CCCCC1. The summed E-state index contributed by atoms with van der Waals surface area (Å²) in [6.45, 7) is 1.75. The highest BCUT2D eigenvalue weighted by Gasteiger charge is 2.35. The van der Waals surface area contributed by atoms with Crippen LogP contribution in [0.15, 0.2) is 53.5 Å². The summed E-state index contributed by atoms with van der Waals surface area (Å²) in [6.07, 6.45) is 12.0. The first kappa shape index (κ1) is 23.1. The second kappa shape index (κ2) is 9.93. The van der Waals surface area contributed by atoms with Crippen molar-refractivity contribution >= 4 is 39.0 Å². The third kappa shape index (κ3) is 4.94. The number of nitrogens with zero attached hydrogens (tertiary/aromatic N) is 4. The third-order valence-electron chi connectivity index (χ3n) is 6.24. The van der Waals surface area contributed by atoms with Crippen molar-refractivity contribution in [2.45, 2.75) is 44.6 Å². The molecule has 0 aliphatic heterocycles. The molecule has 3 heterocycles. The van der Waals surface area contributed by atoms with E-state index in [0.717, 1.165) is 46.9 Å². The number of benzene rings is 1. The lowest BCUT2D eigenvalue weighted by Gasteiger charge is -2.34. The van der Waals surface area contributed by atoms with Crippen LogP contribution in [0.2, 0.25) is 0 Å². The number of amides is 1. The van der Waals surface area contributed by atoms with E-state index in [-0.39, 0.29) is 11.5 Å². The zero-order chi connectivity index (χ0) is 24.3. The summed E-state index contributed by atoms with van der Waals surface area (Å²) in [7, 11) is 1.76. The zero-order valence-corrected chi connectivity index (χ0v) is 20.4. The van der Waals surface area contributed by atoms with Gasteiger partial charge >= 0.3 is 0 Å². The summed E-state index contributed by atoms with van der Waals surface area (Å²) in [6, 6.07) is 7.76. The molecule has 180 valence electrons. The van der Waals surface area contributed by atoms with Gasteiger partial charge in [-0.25, -0.2) is 9.97 Å². The quantitative estimate of drug-likeness (QED) is 0.330. The largest absolute Gasteiger partial charge is 0.373 e. The molecule has 2 N–H and O–H groups in total. The molecule has 5 rings (SSSR count). The van der Waals surface area contributed by atoms with Crippen molar-refractivity contribution in [2.24, 2.45) is 0 Å². The fraction of sp³-hybridized carbons (Fsp3) is 0.320. The first-order chi connectivity index (χ1) is 17.1. The molecule has 1 aliphatic carbocycles. The summed E-state index contributed by atoms with van der Waals surface area (Å²) < 4.78 is 11.0. The Hall–Kier alpha value is -3.63. The highest BCUT2D eigenvalue weighted by Crippen LogP contribution is 2.43. The molecule has 1 saturated carbocycles. The lowest BCUT2D eigenvalue weighted by Crippen LogP contribution is -2.30. The molecule has 1 aromatic carbocycles. The van der Waals surface area contributed by atoms with E-state index in [1.54, 1.807) is 26.4 Å². The Bertz CT molecular complexity index is 1370. The maximum absolute atomic E-state index is 12.5. The normalized spacial score (nSPS) is 15.5. The van der Waals surface area contributed by atoms with Gasteiger partial charge in [-0.2, -0.15) is 4.98 Å². The predicted octanol–water partition coefficient (Wildman–Crippen LogP) is 5.42. The van der Waals surface area contributed by atoms with Gasteiger partial charge in [0.1, 0.15) is 11.4 Å². The molecule has 0 radical (unpaired) electrons. The van der Waals surface area contributed by atoms with Crippen LogP contribution in [0.25, 0.3) is 22.2 Å². The van der Waals surface area contributed by atoms with Gasteiger partial charge in [-0.3, -0.25) is 10.1 Å². The van der Waals surface area contributed by atoms with Gasteiger partial charge in [0.15, 0.2) is 5.13 Å². The van der Waals surface area contributed by atoms with Crippen LogP contribution in [0.3, 0.4) is 0 Å². The molecule has 0 unspecified atom stereocenters. The van der Waals surface area contributed by atoms with E-state index < -0.39 is 0 Å². The number of rotatable bonds is 7. The number of ether oxygens (including phenoxy) is 1. The number of nitrogens with one attached hydrogen (secondary N) is 2. The number of carbonyl (C=O) groups is 1. The van der Waals surface area contributed by atoms with Crippen molar-refractivity contribution in [3.05, 3.63) is 59.7 Å². The second-order valence-corrected chi connectivity index (χ2v) is 9.52. The number of hydrogen-bond donors (Lipinski definition) is 2. The Kier molecular flexibility index (Phi) is 6.56. The van der Waals surface area contributed by atoms with Gasteiger partial charge < -0.3 is 14.6 Å². The Balaban J connectivity index is 1.27. The smallest absolute Gasteiger partial charge is 0.251 e. The van der Waals surface area contributed by atoms with Gasteiger partial charge in [0.05, 0.1) is 4.88 Å². The minimum Gasteiger partial charge on any atom is -0.373 e. The first-order valence-corrected chi connectivity index (χ1v) is 12.3. The van der Waals surface area contributed by atoms with Crippen LogP contribution >= 0.6 is 11.3 Å². The summed E-state index contributed by atoms with van der Waals surface area (Å²) in [5.41, 5.74) is 0.536. The van der Waals surface area contributed by atoms with E-state index in [0.29, 0.717) is 22.7 Å². The van der Waals surface area contributed by atoms with Crippen LogP contribution < -0.4 is 10.6 Å². The van der Waals surface area contributed by atoms with E-state index in [9.17, 15) is 4.79 Å². The molecule has 0 bridgehead atoms. The van der Waals surface area contributed by atoms with Gasteiger partial charge in [0.25, 0.3) is 5.91 Å². The van der Waals surface area contributed by atoms with Crippen LogP contribution in [0.4, 0.5) is 10.9 Å². The summed E-state index contributed by atoms with van der Waals surface area (Å²) >= 11 is 1.47. The van der Waals surface area contributed by atoms with Crippen LogP contribution in [-0.4, -0.2) is 33.1 Å². The summed E-state index contributed by atoms with van der Waals surface area (Å²) in [4.78, 5) is 26.6. The van der Waals surface area contributed by atoms with Gasteiger partial charge in [-0.15, -0.1) is 0 Å². The van der Waals surface area contributed by atoms with Gasteiger partial charge in [-0.05, 0) is 30.4 Å². The van der Waals surface area contributed by atoms with E-state index >= 15 is 0 Å². The fourth-order valence-electron chi connectivity index (χ4n) is 4.40. The monoisotopic (exact) mass is 490 g/mol. The highest BCUT2D eigenvalue weighted by atomic mass is 32.1. The molecule has 9 nitrogen and oxygen atoms in total. The lowest BCUT2D eigenvalue weighted by atomic mass is 9.84. The number of pyridine rings is 1.